The summed E-state index contributed by atoms with van der Waals surface area (Å²) in [6, 6.07) is 4.41. The van der Waals surface area contributed by atoms with Gasteiger partial charge in [-0.2, -0.15) is 0 Å². The van der Waals surface area contributed by atoms with Gasteiger partial charge in [0.15, 0.2) is 14.0 Å². The summed E-state index contributed by atoms with van der Waals surface area (Å²) in [7, 11) is -3.66. The second-order valence-electron chi connectivity index (χ2n) is 3.98. The Morgan fingerprint density at radius 1 is 1.39 bits per heavy atom. The lowest BCUT2D eigenvalue weighted by Gasteiger charge is -2.30. The average molecular weight is 332 g/mol. The van der Waals surface area contributed by atoms with Crippen LogP contribution in [-0.4, -0.2) is 24.0 Å². The number of aliphatic hydroxyl groups excluding tert-OH is 1. The molecule has 18 heavy (non-hydrogen) atoms. The molecule has 0 bridgehead atoms. The summed E-state index contributed by atoms with van der Waals surface area (Å²) in [5.41, 5.74) is 0.239. The van der Waals surface area contributed by atoms with E-state index in [2.05, 4.69) is 0 Å². The molecule has 0 aliphatic carbocycles. The highest BCUT2D eigenvalue weighted by Crippen LogP contribution is 2.42. The van der Waals surface area contributed by atoms with E-state index < -0.39 is 20.1 Å². The molecule has 3 nitrogen and oxygen atoms in total. The smallest absolute Gasteiger partial charge is 0.175 e. The van der Waals surface area contributed by atoms with E-state index in [0.29, 0.717) is 5.02 Å². The molecule has 0 spiro atoms. The Morgan fingerprint density at radius 2 is 1.94 bits per heavy atom. The van der Waals surface area contributed by atoms with Crippen molar-refractivity contribution < 1.29 is 13.5 Å². The molecule has 0 saturated heterocycles. The summed E-state index contributed by atoms with van der Waals surface area (Å²) in [6.45, 7) is 1.58. The van der Waals surface area contributed by atoms with Crippen LogP contribution >= 0.6 is 34.8 Å². The van der Waals surface area contributed by atoms with Crippen LogP contribution in [0, 0.1) is 0 Å². The molecule has 0 heterocycles. The van der Waals surface area contributed by atoms with E-state index in [0.717, 1.165) is 6.26 Å². The van der Waals surface area contributed by atoms with Crippen LogP contribution in [-0.2, 0) is 9.84 Å². The molecule has 0 saturated carbocycles. The van der Waals surface area contributed by atoms with Gasteiger partial charge in [0.2, 0.25) is 0 Å². The Labute approximate surface area is 122 Å². The summed E-state index contributed by atoms with van der Waals surface area (Å²) in [5, 5.41) is 10.8. The summed E-state index contributed by atoms with van der Waals surface area (Å²) in [6.07, 6.45) is -0.395. The highest BCUT2D eigenvalue weighted by molar-refractivity contribution is 7.93. The molecule has 0 aliphatic rings. The summed E-state index contributed by atoms with van der Waals surface area (Å²) >= 11 is 17.7. The number of halogens is 3. The van der Waals surface area contributed by atoms with Crippen molar-refractivity contribution in [2.24, 2.45) is 0 Å². The topological polar surface area (TPSA) is 54.4 Å². The van der Waals surface area contributed by atoms with Crippen LogP contribution in [0.15, 0.2) is 18.2 Å². The first-order valence-electron chi connectivity index (χ1n) is 5.15. The first-order valence-corrected chi connectivity index (χ1v) is 8.17. The van der Waals surface area contributed by atoms with Crippen molar-refractivity contribution in [2.75, 3.05) is 6.26 Å². The Morgan fingerprint density at radius 3 is 2.33 bits per heavy atom. The Kier molecular flexibility index (Phi) is 4.95. The fourth-order valence-corrected chi connectivity index (χ4v) is 3.30. The van der Waals surface area contributed by atoms with Gasteiger partial charge in [0.05, 0.1) is 0 Å². The number of hydrogen-bond acceptors (Lipinski definition) is 3. The lowest BCUT2D eigenvalue weighted by molar-refractivity contribution is 0.155. The number of aliphatic hydroxyl groups is 1. The molecule has 0 aromatic heterocycles. The first-order chi connectivity index (χ1) is 8.13. The lowest BCUT2D eigenvalue weighted by atomic mass is 10.0. The molecule has 2 atom stereocenters. The van der Waals surface area contributed by atoms with Crippen molar-refractivity contribution >= 4 is 44.6 Å². The molecular weight excluding hydrogens is 319 g/mol. The van der Waals surface area contributed by atoms with Crippen molar-refractivity contribution in [3.05, 3.63) is 33.8 Å². The minimum atomic E-state index is -3.66. The van der Waals surface area contributed by atoms with Gasteiger partial charge in [-0.3, -0.25) is 0 Å². The van der Waals surface area contributed by atoms with Crippen LogP contribution in [0.25, 0.3) is 0 Å². The normalized spacial score (nSPS) is 17.2. The van der Waals surface area contributed by atoms with Gasteiger partial charge in [0, 0.05) is 21.9 Å². The molecule has 0 radical (unpaired) electrons. The van der Waals surface area contributed by atoms with Crippen LogP contribution < -0.4 is 0 Å². The predicted octanol–water partition coefficient (Wildman–Crippen LogP) is 3.42. The zero-order chi connectivity index (χ0) is 14.1. The number of sulfone groups is 1. The van der Waals surface area contributed by atoms with Crippen LogP contribution in [0.1, 0.15) is 25.0 Å². The molecule has 1 aromatic carbocycles. The molecule has 1 aromatic rings. The minimum absolute atomic E-state index is 0.0491. The largest absolute Gasteiger partial charge is 0.385 e. The first kappa shape index (κ1) is 16.1. The number of rotatable bonds is 4. The second-order valence-corrected chi connectivity index (χ2v) is 8.00. The van der Waals surface area contributed by atoms with Gasteiger partial charge in [0.25, 0.3) is 0 Å². The monoisotopic (exact) mass is 330 g/mol. The van der Waals surface area contributed by atoms with Crippen molar-refractivity contribution in [3.8, 4) is 0 Å². The maximum absolute atomic E-state index is 11.7. The van der Waals surface area contributed by atoms with Crippen molar-refractivity contribution in [1.29, 1.82) is 0 Å². The van der Waals surface area contributed by atoms with Gasteiger partial charge in [-0.1, -0.05) is 47.8 Å². The average Bonchev–Trinajstić information content (AvgIpc) is 2.25. The molecular formula is C11H13Cl3O3S. The van der Waals surface area contributed by atoms with Gasteiger partial charge in [-0.15, -0.1) is 0 Å². The maximum atomic E-state index is 11.7. The fourth-order valence-electron chi connectivity index (χ4n) is 1.61. The van der Waals surface area contributed by atoms with Gasteiger partial charge in [0.1, 0.15) is 6.10 Å². The van der Waals surface area contributed by atoms with E-state index in [9.17, 15) is 13.5 Å². The van der Waals surface area contributed by atoms with E-state index in [-0.39, 0.29) is 17.0 Å². The van der Waals surface area contributed by atoms with Crippen molar-refractivity contribution in [2.45, 2.75) is 23.7 Å². The second kappa shape index (κ2) is 5.55. The van der Waals surface area contributed by atoms with Gasteiger partial charge < -0.3 is 5.11 Å². The van der Waals surface area contributed by atoms with E-state index in [1.807, 2.05) is 0 Å². The van der Waals surface area contributed by atoms with Crippen LogP contribution in [0.5, 0.6) is 0 Å². The van der Waals surface area contributed by atoms with Crippen LogP contribution in [0.2, 0.25) is 10.0 Å². The molecule has 0 aliphatic heterocycles. The fraction of sp³-hybridized carbons (Fsp3) is 0.455. The number of benzene rings is 1. The molecule has 1 rings (SSSR count). The molecule has 7 heteroatoms. The van der Waals surface area contributed by atoms with Crippen molar-refractivity contribution in [3.63, 3.8) is 0 Å². The summed E-state index contributed by atoms with van der Waals surface area (Å²) in [4.78, 5) is 0. The van der Waals surface area contributed by atoms with Gasteiger partial charge in [-0.25, -0.2) is 8.42 Å². The van der Waals surface area contributed by atoms with Crippen LogP contribution in [0.3, 0.4) is 0 Å². The van der Waals surface area contributed by atoms with Crippen LogP contribution in [0.4, 0.5) is 0 Å². The maximum Gasteiger partial charge on any atom is 0.175 e. The predicted molar refractivity (Wildman–Crippen MR) is 75.1 cm³/mol. The Hall–Kier alpha value is -0.000000000000000111. The molecule has 1 N–H and O–H groups in total. The lowest BCUT2D eigenvalue weighted by Crippen LogP contribution is -2.38. The highest BCUT2D eigenvalue weighted by Gasteiger charge is 2.45. The summed E-state index contributed by atoms with van der Waals surface area (Å²) in [5.74, 6) is 0. The van der Waals surface area contributed by atoms with E-state index >= 15 is 0 Å². The third-order valence-corrected chi connectivity index (χ3v) is 6.39. The quantitative estimate of drug-likeness (QED) is 0.860. The zero-order valence-electron chi connectivity index (χ0n) is 9.82. The molecule has 0 unspecified atom stereocenters. The van der Waals surface area contributed by atoms with Gasteiger partial charge >= 0.3 is 0 Å². The summed E-state index contributed by atoms with van der Waals surface area (Å²) < 4.78 is 21.6. The molecule has 102 valence electrons. The number of hydrogen-bond donors (Lipinski definition) is 1. The zero-order valence-corrected chi connectivity index (χ0v) is 12.9. The standard InChI is InChI=1S/C11H13Cl3O3S/c1-3-11(14,18(2,16)17)10(15)8-5-4-7(12)6-9(8)13/h4-6,10,15H,3H2,1-2H3/t10-,11+/m0/s1. The minimum Gasteiger partial charge on any atom is -0.385 e. The van der Waals surface area contributed by atoms with Crippen molar-refractivity contribution in [1.82, 2.24) is 0 Å². The van der Waals surface area contributed by atoms with E-state index in [1.165, 1.54) is 18.2 Å². The molecule has 0 fully saturated rings. The van der Waals surface area contributed by atoms with E-state index in [1.54, 1.807) is 6.92 Å². The Bertz CT molecular complexity index is 544. The Balaban J connectivity index is 3.32. The third-order valence-electron chi connectivity index (χ3n) is 2.76. The van der Waals surface area contributed by atoms with E-state index in [4.69, 9.17) is 34.8 Å². The SMILES string of the molecule is CC[C@](Cl)([C@@H](O)c1ccc(Cl)cc1Cl)S(C)(=O)=O. The van der Waals surface area contributed by atoms with Gasteiger partial charge in [-0.05, 0) is 18.6 Å². The molecule has 0 amide bonds. The number of alkyl halides is 1. The highest BCUT2D eigenvalue weighted by atomic mass is 35.5. The third kappa shape index (κ3) is 2.94.